The monoisotopic (exact) mass is 365 g/mol. The van der Waals surface area contributed by atoms with Gasteiger partial charge in [0.1, 0.15) is 0 Å². The lowest BCUT2D eigenvalue weighted by Crippen LogP contribution is -2.40. The van der Waals surface area contributed by atoms with E-state index in [-0.39, 0.29) is 18.3 Å². The summed E-state index contributed by atoms with van der Waals surface area (Å²) in [5, 5.41) is 7.01. The van der Waals surface area contributed by atoms with Gasteiger partial charge in [0, 0.05) is 5.69 Å². The molecule has 0 bridgehead atoms. The number of likely N-dealkylation sites (tertiary alicyclic amines) is 1. The van der Waals surface area contributed by atoms with Gasteiger partial charge in [-0.15, -0.1) is 12.4 Å². The molecule has 0 atom stereocenters. The highest BCUT2D eigenvalue weighted by Crippen LogP contribution is 2.25. The number of halogens is 3. The maximum absolute atomic E-state index is 12.0. The number of benzene rings is 1. The Bertz CT molecular complexity index is 491. The fraction of sp³-hybridized carbons (Fsp3) is 0.533. The fourth-order valence-corrected chi connectivity index (χ4v) is 2.91. The van der Waals surface area contributed by atoms with Crippen LogP contribution in [-0.2, 0) is 4.79 Å². The van der Waals surface area contributed by atoms with E-state index < -0.39 is 0 Å². The molecule has 2 rings (SSSR count). The van der Waals surface area contributed by atoms with Crippen molar-refractivity contribution >= 4 is 47.2 Å². The van der Waals surface area contributed by atoms with E-state index in [0.29, 0.717) is 22.3 Å². The van der Waals surface area contributed by atoms with Crippen molar-refractivity contribution in [2.75, 3.05) is 38.5 Å². The molecular formula is C15H22Cl3N3O. The maximum Gasteiger partial charge on any atom is 0.238 e. The molecule has 0 saturated carbocycles. The van der Waals surface area contributed by atoms with Crippen molar-refractivity contribution in [3.05, 3.63) is 28.2 Å². The summed E-state index contributed by atoms with van der Waals surface area (Å²) < 4.78 is 0. The second-order valence-corrected chi connectivity index (χ2v) is 6.27. The summed E-state index contributed by atoms with van der Waals surface area (Å²) in [6.45, 7) is 3.43. The van der Waals surface area contributed by atoms with Crippen LogP contribution in [0.4, 0.5) is 5.69 Å². The molecule has 1 amide bonds. The summed E-state index contributed by atoms with van der Waals surface area (Å²) in [5.74, 6) is 0.713. The first-order chi connectivity index (χ1) is 10.1. The zero-order valence-corrected chi connectivity index (χ0v) is 14.9. The number of piperidine rings is 1. The number of hydrogen-bond acceptors (Lipinski definition) is 3. The number of rotatable bonds is 5. The summed E-state index contributed by atoms with van der Waals surface area (Å²) in [7, 11) is 1.98. The number of carbonyl (C=O) groups excluding carboxylic acids is 1. The minimum Gasteiger partial charge on any atom is -0.325 e. The zero-order valence-electron chi connectivity index (χ0n) is 12.6. The lowest BCUT2D eigenvalue weighted by Gasteiger charge is -2.31. The molecule has 0 spiro atoms. The Kier molecular flexibility index (Phi) is 8.50. The minimum absolute atomic E-state index is 0. The standard InChI is InChI=1S/C15H21Cl2N3O.ClH/c1-18-9-11-4-6-20(7-5-11)10-15(21)19-12-2-3-13(16)14(17)8-12;/h2-3,8,11,18H,4-7,9-10H2,1H3,(H,19,21);1H. The Hall–Kier alpha value is -0.520. The van der Waals surface area contributed by atoms with Gasteiger partial charge in [0.05, 0.1) is 16.6 Å². The SMILES string of the molecule is CNCC1CCN(CC(=O)Nc2ccc(Cl)c(Cl)c2)CC1.Cl. The van der Waals surface area contributed by atoms with Crippen LogP contribution in [0.25, 0.3) is 0 Å². The van der Waals surface area contributed by atoms with Crippen LogP contribution in [-0.4, -0.2) is 44.0 Å². The van der Waals surface area contributed by atoms with Crippen molar-refractivity contribution in [2.45, 2.75) is 12.8 Å². The third-order valence-electron chi connectivity index (χ3n) is 3.77. The minimum atomic E-state index is -0.0135. The smallest absolute Gasteiger partial charge is 0.238 e. The molecule has 0 radical (unpaired) electrons. The molecule has 0 aromatic heterocycles. The van der Waals surface area contributed by atoms with Crippen molar-refractivity contribution in [2.24, 2.45) is 5.92 Å². The molecule has 7 heteroatoms. The molecule has 1 aromatic carbocycles. The third kappa shape index (κ3) is 5.94. The van der Waals surface area contributed by atoms with Gasteiger partial charge in [-0.2, -0.15) is 0 Å². The van der Waals surface area contributed by atoms with Crippen molar-refractivity contribution in [1.29, 1.82) is 0 Å². The van der Waals surface area contributed by atoms with Gasteiger partial charge in [-0.3, -0.25) is 9.69 Å². The predicted octanol–water partition coefficient (Wildman–Crippen LogP) is 3.29. The van der Waals surface area contributed by atoms with Gasteiger partial charge in [0.25, 0.3) is 0 Å². The van der Waals surface area contributed by atoms with Crippen LogP contribution in [0.1, 0.15) is 12.8 Å². The van der Waals surface area contributed by atoms with Gasteiger partial charge < -0.3 is 10.6 Å². The van der Waals surface area contributed by atoms with Crippen LogP contribution >= 0.6 is 35.6 Å². The largest absolute Gasteiger partial charge is 0.325 e. The van der Waals surface area contributed by atoms with Crippen LogP contribution in [0.5, 0.6) is 0 Å². The number of hydrogen-bond donors (Lipinski definition) is 2. The van der Waals surface area contributed by atoms with Crippen LogP contribution in [0.2, 0.25) is 10.0 Å². The van der Waals surface area contributed by atoms with Crippen LogP contribution in [0, 0.1) is 5.92 Å². The van der Waals surface area contributed by atoms with Crippen molar-refractivity contribution < 1.29 is 4.79 Å². The molecule has 1 heterocycles. The Labute approximate surface area is 147 Å². The molecule has 1 aliphatic heterocycles. The molecule has 1 aromatic rings. The Balaban J connectivity index is 0.00000242. The van der Waals surface area contributed by atoms with Crippen molar-refractivity contribution in [3.63, 3.8) is 0 Å². The Morgan fingerprint density at radius 1 is 1.27 bits per heavy atom. The van der Waals surface area contributed by atoms with Gasteiger partial charge >= 0.3 is 0 Å². The zero-order chi connectivity index (χ0) is 15.2. The molecule has 0 unspecified atom stereocenters. The van der Waals surface area contributed by atoms with Gasteiger partial charge in [-0.25, -0.2) is 0 Å². The normalized spacial score (nSPS) is 16.1. The van der Waals surface area contributed by atoms with Gasteiger partial charge in [-0.1, -0.05) is 23.2 Å². The lowest BCUT2D eigenvalue weighted by atomic mass is 9.97. The number of nitrogens with zero attached hydrogens (tertiary/aromatic N) is 1. The summed E-state index contributed by atoms with van der Waals surface area (Å²) in [5.41, 5.74) is 0.680. The van der Waals surface area contributed by atoms with Crippen LogP contribution < -0.4 is 10.6 Å². The topological polar surface area (TPSA) is 44.4 Å². The Morgan fingerprint density at radius 3 is 2.55 bits per heavy atom. The van der Waals surface area contributed by atoms with E-state index in [1.807, 2.05) is 7.05 Å². The van der Waals surface area contributed by atoms with Crippen molar-refractivity contribution in [3.8, 4) is 0 Å². The van der Waals surface area contributed by atoms with E-state index in [0.717, 1.165) is 38.4 Å². The van der Waals surface area contributed by atoms with Gasteiger partial charge in [-0.05, 0) is 63.6 Å². The van der Waals surface area contributed by atoms with Gasteiger partial charge in [0.2, 0.25) is 5.91 Å². The molecule has 1 aliphatic rings. The summed E-state index contributed by atoms with van der Waals surface area (Å²) in [4.78, 5) is 14.2. The van der Waals surface area contributed by atoms with E-state index in [1.165, 1.54) is 0 Å². The first kappa shape index (κ1) is 19.5. The average molecular weight is 367 g/mol. The summed E-state index contributed by atoms with van der Waals surface area (Å²) in [6, 6.07) is 5.11. The number of amides is 1. The lowest BCUT2D eigenvalue weighted by molar-refractivity contribution is -0.117. The molecule has 2 N–H and O–H groups in total. The predicted molar refractivity (Wildman–Crippen MR) is 95.4 cm³/mol. The number of anilines is 1. The highest BCUT2D eigenvalue weighted by Gasteiger charge is 2.20. The molecule has 22 heavy (non-hydrogen) atoms. The number of nitrogens with one attached hydrogen (secondary N) is 2. The third-order valence-corrected chi connectivity index (χ3v) is 4.51. The van der Waals surface area contributed by atoms with Crippen LogP contribution in [0.15, 0.2) is 18.2 Å². The molecule has 1 fully saturated rings. The molecule has 0 aliphatic carbocycles. The molecule has 4 nitrogen and oxygen atoms in total. The van der Waals surface area contributed by atoms with E-state index in [2.05, 4.69) is 15.5 Å². The second kappa shape index (κ2) is 9.58. The quantitative estimate of drug-likeness (QED) is 0.840. The van der Waals surface area contributed by atoms with E-state index in [9.17, 15) is 4.79 Å². The summed E-state index contributed by atoms with van der Waals surface area (Å²) >= 11 is 11.8. The number of carbonyl (C=O) groups is 1. The first-order valence-corrected chi connectivity index (χ1v) is 7.96. The molecule has 1 saturated heterocycles. The fourth-order valence-electron chi connectivity index (χ4n) is 2.61. The highest BCUT2D eigenvalue weighted by atomic mass is 35.5. The van der Waals surface area contributed by atoms with E-state index in [1.54, 1.807) is 18.2 Å². The van der Waals surface area contributed by atoms with Crippen molar-refractivity contribution in [1.82, 2.24) is 10.2 Å². The van der Waals surface area contributed by atoms with Crippen LogP contribution in [0.3, 0.4) is 0 Å². The van der Waals surface area contributed by atoms with E-state index >= 15 is 0 Å². The van der Waals surface area contributed by atoms with E-state index in [4.69, 9.17) is 23.2 Å². The summed E-state index contributed by atoms with van der Waals surface area (Å²) in [6.07, 6.45) is 2.28. The molecule has 124 valence electrons. The maximum atomic E-state index is 12.0. The highest BCUT2D eigenvalue weighted by molar-refractivity contribution is 6.42. The first-order valence-electron chi connectivity index (χ1n) is 7.20. The average Bonchev–Trinajstić information content (AvgIpc) is 2.45. The molecular weight excluding hydrogens is 345 g/mol. The Morgan fingerprint density at radius 2 is 1.95 bits per heavy atom. The second-order valence-electron chi connectivity index (χ2n) is 5.45. The van der Waals surface area contributed by atoms with Gasteiger partial charge in [0.15, 0.2) is 0 Å².